The number of rotatable bonds is 5. The molecule has 96 valence electrons. The van der Waals surface area contributed by atoms with Crippen LogP contribution in [0.1, 0.15) is 36.3 Å². The minimum Gasteiger partial charge on any atom is -0.335 e. The molecule has 0 saturated carbocycles. The van der Waals surface area contributed by atoms with Crippen molar-refractivity contribution in [1.82, 2.24) is 9.88 Å². The molecule has 0 radical (unpaired) electrons. The summed E-state index contributed by atoms with van der Waals surface area (Å²) in [6.45, 7) is 4.52. The average molecular weight is 266 g/mol. The molecule has 0 bridgehead atoms. The lowest BCUT2D eigenvalue weighted by Gasteiger charge is -2.26. The quantitative estimate of drug-likeness (QED) is 0.769. The molecule has 0 saturated heterocycles. The smallest absolute Gasteiger partial charge is 0.272 e. The zero-order valence-corrected chi connectivity index (χ0v) is 11.3. The van der Waals surface area contributed by atoms with Crippen LogP contribution in [0.5, 0.6) is 0 Å². The maximum atomic E-state index is 12.2. The molecule has 1 aromatic rings. The Balaban J connectivity index is 2.84. The highest BCUT2D eigenvalue weighted by molar-refractivity contribution is 6.17. The largest absolute Gasteiger partial charge is 0.335 e. The summed E-state index contributed by atoms with van der Waals surface area (Å²) in [6, 6.07) is 5.25. The first-order valence-electron chi connectivity index (χ1n) is 5.83. The number of nitriles is 1. The number of amides is 1. The van der Waals surface area contributed by atoms with Crippen molar-refractivity contribution >= 4 is 17.5 Å². The molecule has 0 fully saturated rings. The molecule has 18 heavy (non-hydrogen) atoms. The first-order valence-corrected chi connectivity index (χ1v) is 6.36. The number of carbonyl (C=O) groups excluding carboxylic acids is 1. The van der Waals surface area contributed by atoms with Crippen LogP contribution in [0.2, 0.25) is 0 Å². The van der Waals surface area contributed by atoms with Gasteiger partial charge in [0.05, 0.1) is 5.56 Å². The van der Waals surface area contributed by atoms with E-state index < -0.39 is 0 Å². The Kier molecular flexibility index (Phi) is 5.60. The summed E-state index contributed by atoms with van der Waals surface area (Å²) >= 11 is 5.65. The predicted molar refractivity (Wildman–Crippen MR) is 70.5 cm³/mol. The van der Waals surface area contributed by atoms with Crippen LogP contribution in [0, 0.1) is 11.3 Å². The Morgan fingerprint density at radius 1 is 1.56 bits per heavy atom. The normalized spacial score (nSPS) is 10.2. The van der Waals surface area contributed by atoms with E-state index in [4.69, 9.17) is 16.9 Å². The second-order valence-corrected chi connectivity index (χ2v) is 4.56. The van der Waals surface area contributed by atoms with Gasteiger partial charge in [0.2, 0.25) is 0 Å². The molecule has 0 aromatic carbocycles. The molecular formula is C13H16ClN3O. The van der Waals surface area contributed by atoms with E-state index in [-0.39, 0.29) is 11.9 Å². The third kappa shape index (κ3) is 3.71. The number of halogens is 1. The molecule has 0 atom stereocenters. The Labute approximate surface area is 112 Å². The van der Waals surface area contributed by atoms with Crippen LogP contribution in [0.15, 0.2) is 18.3 Å². The van der Waals surface area contributed by atoms with Gasteiger partial charge in [0.25, 0.3) is 5.91 Å². The average Bonchev–Trinajstić information content (AvgIpc) is 2.38. The Morgan fingerprint density at radius 2 is 2.28 bits per heavy atom. The molecule has 4 nitrogen and oxygen atoms in total. The molecule has 0 N–H and O–H groups in total. The summed E-state index contributed by atoms with van der Waals surface area (Å²) in [5.74, 6) is 0.400. The minimum absolute atomic E-state index is 0.0955. The summed E-state index contributed by atoms with van der Waals surface area (Å²) < 4.78 is 0. The summed E-state index contributed by atoms with van der Waals surface area (Å²) in [5, 5.41) is 8.68. The van der Waals surface area contributed by atoms with E-state index in [0.29, 0.717) is 23.7 Å². The van der Waals surface area contributed by atoms with Gasteiger partial charge in [0, 0.05) is 24.7 Å². The number of hydrogen-bond acceptors (Lipinski definition) is 3. The van der Waals surface area contributed by atoms with Crippen molar-refractivity contribution in [2.75, 3.05) is 12.4 Å². The van der Waals surface area contributed by atoms with Gasteiger partial charge in [-0.2, -0.15) is 5.26 Å². The molecular weight excluding hydrogens is 250 g/mol. The van der Waals surface area contributed by atoms with E-state index in [0.717, 1.165) is 6.42 Å². The van der Waals surface area contributed by atoms with Gasteiger partial charge in [-0.3, -0.25) is 4.79 Å². The summed E-state index contributed by atoms with van der Waals surface area (Å²) in [7, 11) is 0. The summed E-state index contributed by atoms with van der Waals surface area (Å²) in [6.07, 6.45) is 2.16. The van der Waals surface area contributed by atoms with Crippen LogP contribution in [0.3, 0.4) is 0 Å². The lowest BCUT2D eigenvalue weighted by molar-refractivity contribution is 0.0700. The number of alkyl halides is 1. The standard InChI is InChI=1S/C13H16ClN3O/c1-10(2)17(7-3-6-14)13(18)12-5-4-11(8-15)9-16-12/h4-5,9-10H,3,6-7H2,1-2H3. The van der Waals surface area contributed by atoms with Gasteiger partial charge in [-0.1, -0.05) is 0 Å². The summed E-state index contributed by atoms with van der Waals surface area (Å²) in [5.41, 5.74) is 0.806. The van der Waals surface area contributed by atoms with Crippen LogP contribution < -0.4 is 0 Å². The van der Waals surface area contributed by atoms with E-state index in [2.05, 4.69) is 4.98 Å². The molecule has 5 heteroatoms. The van der Waals surface area contributed by atoms with E-state index in [1.807, 2.05) is 19.9 Å². The van der Waals surface area contributed by atoms with Crippen LogP contribution in [0.25, 0.3) is 0 Å². The van der Waals surface area contributed by atoms with Gasteiger partial charge < -0.3 is 4.90 Å². The third-order valence-corrected chi connectivity index (χ3v) is 2.80. The van der Waals surface area contributed by atoms with Crippen molar-refractivity contribution < 1.29 is 4.79 Å². The van der Waals surface area contributed by atoms with E-state index in [9.17, 15) is 4.79 Å². The lowest BCUT2D eigenvalue weighted by Crippen LogP contribution is -2.38. The van der Waals surface area contributed by atoms with Crippen molar-refractivity contribution in [2.45, 2.75) is 26.3 Å². The molecule has 1 heterocycles. The van der Waals surface area contributed by atoms with Crippen molar-refractivity contribution in [3.05, 3.63) is 29.6 Å². The Hall–Kier alpha value is -1.60. The lowest BCUT2D eigenvalue weighted by atomic mass is 10.2. The fourth-order valence-electron chi connectivity index (χ4n) is 1.56. The highest BCUT2D eigenvalue weighted by atomic mass is 35.5. The molecule has 1 aromatic heterocycles. The molecule has 0 spiro atoms. The van der Waals surface area contributed by atoms with Gasteiger partial charge in [-0.05, 0) is 32.4 Å². The number of pyridine rings is 1. The first kappa shape index (κ1) is 14.5. The Bertz CT molecular complexity index is 437. The van der Waals surface area contributed by atoms with Gasteiger partial charge in [0.15, 0.2) is 0 Å². The minimum atomic E-state index is -0.125. The molecule has 0 aliphatic heterocycles. The monoisotopic (exact) mass is 265 g/mol. The number of hydrogen-bond donors (Lipinski definition) is 0. The molecule has 0 aliphatic carbocycles. The maximum Gasteiger partial charge on any atom is 0.272 e. The van der Waals surface area contributed by atoms with Crippen molar-refractivity contribution in [1.29, 1.82) is 5.26 Å². The van der Waals surface area contributed by atoms with Crippen LogP contribution >= 0.6 is 11.6 Å². The zero-order valence-electron chi connectivity index (χ0n) is 10.6. The summed E-state index contributed by atoms with van der Waals surface area (Å²) in [4.78, 5) is 18.0. The maximum absolute atomic E-state index is 12.2. The van der Waals surface area contributed by atoms with Crippen molar-refractivity contribution in [3.63, 3.8) is 0 Å². The van der Waals surface area contributed by atoms with E-state index in [1.54, 1.807) is 17.0 Å². The van der Waals surface area contributed by atoms with Crippen LogP contribution in [0.4, 0.5) is 0 Å². The predicted octanol–water partition coefficient (Wildman–Crippen LogP) is 2.43. The van der Waals surface area contributed by atoms with Gasteiger partial charge in [0.1, 0.15) is 11.8 Å². The first-order chi connectivity index (χ1) is 8.60. The molecule has 0 aliphatic rings. The highest BCUT2D eigenvalue weighted by Crippen LogP contribution is 2.08. The van der Waals surface area contributed by atoms with Gasteiger partial charge in [-0.15, -0.1) is 11.6 Å². The van der Waals surface area contributed by atoms with Crippen LogP contribution in [-0.2, 0) is 0 Å². The third-order valence-electron chi connectivity index (χ3n) is 2.53. The van der Waals surface area contributed by atoms with Gasteiger partial charge in [-0.25, -0.2) is 4.98 Å². The fourth-order valence-corrected chi connectivity index (χ4v) is 1.68. The number of nitrogens with zero attached hydrogens (tertiary/aromatic N) is 3. The highest BCUT2D eigenvalue weighted by Gasteiger charge is 2.19. The SMILES string of the molecule is CC(C)N(CCCCl)C(=O)c1ccc(C#N)cn1. The van der Waals surface area contributed by atoms with Crippen molar-refractivity contribution in [2.24, 2.45) is 0 Å². The molecule has 1 amide bonds. The molecule has 0 unspecified atom stereocenters. The van der Waals surface area contributed by atoms with Crippen LogP contribution in [-0.4, -0.2) is 34.3 Å². The second kappa shape index (κ2) is 6.97. The zero-order chi connectivity index (χ0) is 13.5. The Morgan fingerprint density at radius 3 is 2.72 bits per heavy atom. The topological polar surface area (TPSA) is 57.0 Å². The fraction of sp³-hybridized carbons (Fsp3) is 0.462. The molecule has 1 rings (SSSR count). The van der Waals surface area contributed by atoms with Crippen molar-refractivity contribution in [3.8, 4) is 6.07 Å². The van der Waals surface area contributed by atoms with Gasteiger partial charge >= 0.3 is 0 Å². The number of aromatic nitrogens is 1. The number of carbonyl (C=O) groups is 1. The second-order valence-electron chi connectivity index (χ2n) is 4.18. The van der Waals surface area contributed by atoms with E-state index >= 15 is 0 Å². The van der Waals surface area contributed by atoms with E-state index in [1.165, 1.54) is 6.20 Å².